The quantitative estimate of drug-likeness (QED) is 0.443. The molecule has 6 heteroatoms. The number of aromatic amines is 1. The summed E-state index contributed by atoms with van der Waals surface area (Å²) in [6.45, 7) is 0. The lowest BCUT2D eigenvalue weighted by atomic mass is 9.98. The topological polar surface area (TPSA) is 87.6 Å². The van der Waals surface area contributed by atoms with E-state index in [1.165, 1.54) is 16.2 Å². The van der Waals surface area contributed by atoms with Crippen molar-refractivity contribution < 1.29 is 9.18 Å². The fourth-order valence-electron chi connectivity index (χ4n) is 4.51. The van der Waals surface area contributed by atoms with Crippen molar-refractivity contribution in [1.82, 2.24) is 9.55 Å². The van der Waals surface area contributed by atoms with Crippen LogP contribution in [0.5, 0.6) is 0 Å². The minimum absolute atomic E-state index is 0.0483. The van der Waals surface area contributed by atoms with E-state index in [1.54, 1.807) is 42.5 Å². The van der Waals surface area contributed by atoms with Crippen molar-refractivity contribution in [2.45, 2.75) is 25.7 Å². The molecule has 0 unspecified atom stereocenters. The van der Waals surface area contributed by atoms with Crippen molar-refractivity contribution >= 4 is 11.5 Å². The second kappa shape index (κ2) is 7.86. The van der Waals surface area contributed by atoms with Gasteiger partial charge in [-0.2, -0.15) is 5.26 Å². The number of fused-ring (bicyclic) bond motifs is 1. The molecule has 1 aliphatic rings. The highest BCUT2D eigenvalue weighted by molar-refractivity contribution is 6.13. The Labute approximate surface area is 184 Å². The Bertz CT molecular complexity index is 1350. The average molecular weight is 424 g/mol. The predicted molar refractivity (Wildman–Crippen MR) is 121 cm³/mol. The largest absolute Gasteiger partial charge is 0.396 e. The van der Waals surface area contributed by atoms with Crippen LogP contribution in [0.4, 0.5) is 10.1 Å². The Morgan fingerprint density at radius 1 is 1.06 bits per heavy atom. The van der Waals surface area contributed by atoms with E-state index in [1.807, 2.05) is 12.1 Å². The maximum Gasteiger partial charge on any atom is 0.211 e. The van der Waals surface area contributed by atoms with Gasteiger partial charge in [0.05, 0.1) is 22.8 Å². The SMILES string of the molecule is N#Cc1c(N)c(C(=O)c2ccccc2)n(-c2ccccc2F)c1-c1cc2c([nH]1)CCCC2. The number of ketones is 1. The average Bonchev–Trinajstić information content (AvgIpc) is 3.37. The monoisotopic (exact) mass is 424 g/mol. The highest BCUT2D eigenvalue weighted by Gasteiger charge is 2.30. The van der Waals surface area contributed by atoms with Gasteiger partial charge >= 0.3 is 0 Å². The molecule has 0 radical (unpaired) electrons. The van der Waals surface area contributed by atoms with E-state index in [0.717, 1.165) is 31.4 Å². The van der Waals surface area contributed by atoms with Crippen molar-refractivity contribution in [3.8, 4) is 23.1 Å². The number of anilines is 1. The van der Waals surface area contributed by atoms with Gasteiger partial charge < -0.3 is 10.7 Å². The molecule has 0 spiro atoms. The molecule has 2 aromatic heterocycles. The number of nitriles is 1. The van der Waals surface area contributed by atoms with Crippen LogP contribution in [0.2, 0.25) is 0 Å². The number of carbonyl (C=O) groups excluding carboxylic acids is 1. The van der Waals surface area contributed by atoms with Crippen LogP contribution in [0, 0.1) is 17.1 Å². The summed E-state index contributed by atoms with van der Waals surface area (Å²) in [5, 5.41) is 10.0. The Morgan fingerprint density at radius 2 is 1.78 bits per heavy atom. The minimum atomic E-state index is -0.508. The molecule has 0 atom stereocenters. The summed E-state index contributed by atoms with van der Waals surface area (Å²) in [5.41, 5.74) is 10.6. The van der Waals surface area contributed by atoms with E-state index in [2.05, 4.69) is 11.1 Å². The number of benzene rings is 2. The van der Waals surface area contributed by atoms with Crippen molar-refractivity contribution in [2.75, 3.05) is 5.73 Å². The number of carbonyl (C=O) groups is 1. The summed E-state index contributed by atoms with van der Waals surface area (Å²) in [6.07, 6.45) is 4.05. The fraction of sp³-hybridized carbons (Fsp3) is 0.154. The lowest BCUT2D eigenvalue weighted by Crippen LogP contribution is -2.13. The maximum absolute atomic E-state index is 15.0. The van der Waals surface area contributed by atoms with Gasteiger partial charge in [0.15, 0.2) is 0 Å². The number of nitrogens with one attached hydrogen (secondary N) is 1. The van der Waals surface area contributed by atoms with E-state index < -0.39 is 5.82 Å². The Hall–Kier alpha value is -4.11. The predicted octanol–water partition coefficient (Wildman–Crippen LogP) is 5.18. The number of halogens is 1. The summed E-state index contributed by atoms with van der Waals surface area (Å²) < 4.78 is 16.5. The van der Waals surface area contributed by atoms with Gasteiger partial charge in [0.2, 0.25) is 5.78 Å². The van der Waals surface area contributed by atoms with Gasteiger partial charge in [-0.3, -0.25) is 9.36 Å². The van der Waals surface area contributed by atoms with Gasteiger partial charge in [-0.05, 0) is 49.4 Å². The van der Waals surface area contributed by atoms with E-state index in [-0.39, 0.29) is 28.4 Å². The van der Waals surface area contributed by atoms with E-state index in [0.29, 0.717) is 17.0 Å². The Balaban J connectivity index is 1.84. The number of aromatic nitrogens is 2. The number of aryl methyl sites for hydroxylation is 2. The van der Waals surface area contributed by atoms with Crippen molar-refractivity contribution in [1.29, 1.82) is 5.26 Å². The summed E-state index contributed by atoms with van der Waals surface area (Å²) >= 11 is 0. The Morgan fingerprint density at radius 3 is 2.50 bits per heavy atom. The molecule has 0 fully saturated rings. The molecule has 3 N–H and O–H groups in total. The van der Waals surface area contributed by atoms with Crippen LogP contribution in [0.25, 0.3) is 17.1 Å². The van der Waals surface area contributed by atoms with Gasteiger partial charge in [-0.25, -0.2) is 4.39 Å². The molecule has 0 saturated heterocycles. The summed E-state index contributed by atoms with van der Waals surface area (Å²) in [4.78, 5) is 16.9. The van der Waals surface area contributed by atoms with E-state index in [9.17, 15) is 10.1 Å². The smallest absolute Gasteiger partial charge is 0.211 e. The maximum atomic E-state index is 15.0. The molecule has 0 saturated carbocycles. The number of hydrogen-bond acceptors (Lipinski definition) is 3. The summed E-state index contributed by atoms with van der Waals surface area (Å²) in [7, 11) is 0. The Kier molecular flexibility index (Phi) is 4.87. The molecular weight excluding hydrogens is 403 g/mol. The fourth-order valence-corrected chi connectivity index (χ4v) is 4.51. The molecule has 5 nitrogen and oxygen atoms in total. The van der Waals surface area contributed by atoms with Gasteiger partial charge in [0.25, 0.3) is 0 Å². The number of hydrogen-bond donors (Lipinski definition) is 2. The number of nitrogens with two attached hydrogens (primary N) is 1. The first-order valence-corrected chi connectivity index (χ1v) is 10.6. The van der Waals surface area contributed by atoms with Gasteiger partial charge in [-0.1, -0.05) is 42.5 Å². The minimum Gasteiger partial charge on any atom is -0.396 e. The molecule has 32 heavy (non-hydrogen) atoms. The van der Waals surface area contributed by atoms with Crippen LogP contribution in [-0.4, -0.2) is 15.3 Å². The van der Waals surface area contributed by atoms with E-state index in [4.69, 9.17) is 5.73 Å². The molecule has 5 rings (SSSR count). The molecule has 158 valence electrons. The highest BCUT2D eigenvalue weighted by Crippen LogP contribution is 2.39. The number of nitrogen functional groups attached to an aromatic ring is 1. The molecule has 2 aromatic carbocycles. The lowest BCUT2D eigenvalue weighted by Gasteiger charge is -2.14. The first kappa shape index (κ1) is 19.8. The van der Waals surface area contributed by atoms with Gasteiger partial charge in [0, 0.05) is 11.3 Å². The zero-order valence-electron chi connectivity index (χ0n) is 17.4. The second-order valence-corrected chi connectivity index (χ2v) is 7.97. The van der Waals surface area contributed by atoms with Crippen LogP contribution in [0.15, 0.2) is 60.7 Å². The zero-order valence-corrected chi connectivity index (χ0v) is 17.4. The summed E-state index contributed by atoms with van der Waals surface area (Å²) in [5.74, 6) is -0.878. The number of rotatable bonds is 4. The standard InChI is InChI=1S/C26H21FN4O/c27-19-11-5-7-13-22(19)31-24(21-14-17-10-4-6-12-20(17)30-21)18(15-28)23(29)25(31)26(32)16-8-2-1-3-9-16/h1-3,5,7-9,11,13-14,30H,4,6,10,12,29H2. The molecule has 0 aliphatic heterocycles. The summed E-state index contributed by atoms with van der Waals surface area (Å²) in [6, 6.07) is 19.0. The molecule has 0 amide bonds. The normalized spacial score (nSPS) is 12.9. The van der Waals surface area contributed by atoms with Crippen molar-refractivity contribution in [2.24, 2.45) is 0 Å². The van der Waals surface area contributed by atoms with Crippen molar-refractivity contribution in [3.63, 3.8) is 0 Å². The molecule has 2 heterocycles. The van der Waals surface area contributed by atoms with E-state index >= 15 is 4.39 Å². The lowest BCUT2D eigenvalue weighted by molar-refractivity contribution is 0.103. The van der Waals surface area contributed by atoms with Crippen LogP contribution >= 0.6 is 0 Å². The third-order valence-electron chi connectivity index (χ3n) is 6.03. The first-order valence-electron chi connectivity index (χ1n) is 10.6. The van der Waals surface area contributed by atoms with Gasteiger partial charge in [0.1, 0.15) is 23.1 Å². The molecule has 0 bridgehead atoms. The van der Waals surface area contributed by atoms with Crippen LogP contribution < -0.4 is 5.73 Å². The third-order valence-corrected chi connectivity index (χ3v) is 6.03. The molecule has 4 aromatic rings. The highest BCUT2D eigenvalue weighted by atomic mass is 19.1. The number of para-hydroxylation sites is 1. The first-order chi connectivity index (χ1) is 15.6. The zero-order chi connectivity index (χ0) is 22.2. The van der Waals surface area contributed by atoms with Crippen LogP contribution in [-0.2, 0) is 12.8 Å². The third kappa shape index (κ3) is 3.10. The van der Waals surface area contributed by atoms with Gasteiger partial charge in [-0.15, -0.1) is 0 Å². The van der Waals surface area contributed by atoms with Crippen LogP contribution in [0.3, 0.4) is 0 Å². The molecule has 1 aliphatic carbocycles. The van der Waals surface area contributed by atoms with Crippen molar-refractivity contribution in [3.05, 3.63) is 94.6 Å². The molecular formula is C26H21FN4O. The van der Waals surface area contributed by atoms with Crippen LogP contribution in [0.1, 0.15) is 45.7 Å². The number of H-pyrrole nitrogens is 1. The number of nitrogens with zero attached hydrogens (tertiary/aromatic N) is 2. The second-order valence-electron chi connectivity index (χ2n) is 7.97.